The van der Waals surface area contributed by atoms with Crippen molar-refractivity contribution in [3.05, 3.63) is 65.2 Å². The van der Waals surface area contributed by atoms with Crippen molar-refractivity contribution in [2.24, 2.45) is 0 Å². The van der Waals surface area contributed by atoms with E-state index in [0.29, 0.717) is 11.3 Å². The molecule has 0 atom stereocenters. The van der Waals surface area contributed by atoms with Gasteiger partial charge in [-0.25, -0.2) is 8.78 Å². The van der Waals surface area contributed by atoms with Crippen molar-refractivity contribution in [3.63, 3.8) is 0 Å². The minimum atomic E-state index is -0.919. The van der Waals surface area contributed by atoms with E-state index >= 15 is 0 Å². The molecule has 0 unspecified atom stereocenters. The summed E-state index contributed by atoms with van der Waals surface area (Å²) in [5.74, 6) is 2.48. The summed E-state index contributed by atoms with van der Waals surface area (Å²) in [5, 5.41) is 11.0. The van der Waals surface area contributed by atoms with Crippen LogP contribution in [-0.2, 0) is 0 Å². The Labute approximate surface area is 120 Å². The van der Waals surface area contributed by atoms with Gasteiger partial charge in [0.1, 0.15) is 23.8 Å². The lowest BCUT2D eigenvalue weighted by Gasteiger charge is -2.07. The van der Waals surface area contributed by atoms with Gasteiger partial charge in [-0.1, -0.05) is 17.9 Å². The maximum absolute atomic E-state index is 13.5. The van der Waals surface area contributed by atoms with E-state index in [1.807, 2.05) is 0 Å². The Morgan fingerprint density at radius 1 is 1.10 bits per heavy atom. The molecule has 0 spiro atoms. The van der Waals surface area contributed by atoms with E-state index in [4.69, 9.17) is 5.11 Å². The lowest BCUT2D eigenvalue weighted by Crippen LogP contribution is -2.15. The maximum Gasteiger partial charge on any atom is 0.261 e. The number of aliphatic hydroxyl groups is 1. The minimum Gasteiger partial charge on any atom is -0.384 e. The van der Waals surface area contributed by atoms with Gasteiger partial charge in [0, 0.05) is 11.3 Å². The number of carbonyl (C=O) groups excluding carboxylic acids is 1. The summed E-state index contributed by atoms with van der Waals surface area (Å²) in [5.41, 5.74) is 0.415. The van der Waals surface area contributed by atoms with Gasteiger partial charge >= 0.3 is 0 Å². The van der Waals surface area contributed by atoms with Crippen LogP contribution in [0.25, 0.3) is 0 Å². The van der Waals surface area contributed by atoms with Crippen LogP contribution in [0, 0.1) is 23.5 Å². The Kier molecular flexibility index (Phi) is 4.64. The number of rotatable bonds is 2. The molecule has 0 aliphatic carbocycles. The summed E-state index contributed by atoms with van der Waals surface area (Å²) in [4.78, 5) is 11.9. The number of anilines is 1. The molecule has 0 saturated heterocycles. The Bertz CT molecular complexity index is 695. The molecule has 5 heteroatoms. The van der Waals surface area contributed by atoms with Crippen molar-refractivity contribution in [3.8, 4) is 11.8 Å². The number of aliphatic hydroxyl groups excluding tert-OH is 1. The third kappa shape index (κ3) is 3.65. The van der Waals surface area contributed by atoms with Crippen LogP contribution in [0.2, 0.25) is 0 Å². The summed E-state index contributed by atoms with van der Waals surface area (Å²) < 4.78 is 26.9. The molecule has 21 heavy (non-hydrogen) atoms. The lowest BCUT2D eigenvalue weighted by atomic mass is 10.1. The number of nitrogens with one attached hydrogen (secondary N) is 1. The highest BCUT2D eigenvalue weighted by atomic mass is 19.1. The van der Waals surface area contributed by atoms with Crippen molar-refractivity contribution in [1.29, 1.82) is 0 Å². The molecular formula is C16H11F2NO2. The molecule has 2 aromatic rings. The van der Waals surface area contributed by atoms with Crippen LogP contribution in [0.5, 0.6) is 0 Å². The molecular weight excluding hydrogens is 276 g/mol. The first kappa shape index (κ1) is 14.7. The largest absolute Gasteiger partial charge is 0.384 e. The second kappa shape index (κ2) is 6.64. The molecule has 2 rings (SSSR count). The van der Waals surface area contributed by atoms with E-state index in [9.17, 15) is 13.6 Å². The van der Waals surface area contributed by atoms with Crippen LogP contribution in [0.4, 0.5) is 14.5 Å². The first-order valence-corrected chi connectivity index (χ1v) is 6.07. The van der Waals surface area contributed by atoms with E-state index in [0.717, 1.165) is 12.1 Å². The van der Waals surface area contributed by atoms with Gasteiger partial charge in [-0.2, -0.15) is 0 Å². The van der Waals surface area contributed by atoms with Gasteiger partial charge in [0.25, 0.3) is 5.91 Å². The number of amides is 1. The second-order valence-corrected chi connectivity index (χ2v) is 4.09. The first-order valence-electron chi connectivity index (χ1n) is 6.07. The number of carbonyl (C=O) groups is 1. The molecule has 3 nitrogen and oxygen atoms in total. The summed E-state index contributed by atoms with van der Waals surface area (Å²) in [6, 6.07) is 9.58. The molecule has 0 radical (unpaired) electrons. The molecule has 1 amide bonds. The summed E-state index contributed by atoms with van der Waals surface area (Å²) >= 11 is 0. The van der Waals surface area contributed by atoms with Gasteiger partial charge in [0.2, 0.25) is 0 Å². The Hall–Kier alpha value is -2.71. The van der Waals surface area contributed by atoms with Gasteiger partial charge in [-0.05, 0) is 36.4 Å². The van der Waals surface area contributed by atoms with Crippen molar-refractivity contribution in [2.75, 3.05) is 11.9 Å². The topological polar surface area (TPSA) is 49.3 Å². The van der Waals surface area contributed by atoms with Crippen LogP contribution in [-0.4, -0.2) is 17.6 Å². The molecule has 0 bridgehead atoms. The molecule has 0 fully saturated rings. The monoisotopic (exact) mass is 287 g/mol. The molecule has 0 aliphatic heterocycles. The zero-order valence-electron chi connectivity index (χ0n) is 10.9. The molecule has 0 saturated carbocycles. The fraction of sp³-hybridized carbons (Fsp3) is 0.0625. The summed E-state index contributed by atoms with van der Waals surface area (Å²) in [6.45, 7) is -0.245. The summed E-state index contributed by atoms with van der Waals surface area (Å²) in [7, 11) is 0. The average Bonchev–Trinajstić information content (AvgIpc) is 2.46. The first-order chi connectivity index (χ1) is 10.1. The lowest BCUT2D eigenvalue weighted by molar-refractivity contribution is 0.101. The average molecular weight is 287 g/mol. The Morgan fingerprint density at radius 2 is 1.71 bits per heavy atom. The van der Waals surface area contributed by atoms with Gasteiger partial charge in [-0.15, -0.1) is 0 Å². The quantitative estimate of drug-likeness (QED) is 0.834. The predicted molar refractivity (Wildman–Crippen MR) is 74.7 cm³/mol. The summed E-state index contributed by atoms with van der Waals surface area (Å²) in [6.07, 6.45) is 0. The highest BCUT2D eigenvalue weighted by molar-refractivity contribution is 6.04. The fourth-order valence-corrected chi connectivity index (χ4v) is 1.69. The highest BCUT2D eigenvalue weighted by Crippen LogP contribution is 2.15. The zero-order valence-corrected chi connectivity index (χ0v) is 10.9. The molecule has 106 valence electrons. The van der Waals surface area contributed by atoms with Crippen molar-refractivity contribution >= 4 is 11.6 Å². The van der Waals surface area contributed by atoms with Crippen LogP contribution < -0.4 is 5.32 Å². The van der Waals surface area contributed by atoms with Crippen molar-refractivity contribution in [2.45, 2.75) is 0 Å². The number of hydrogen-bond acceptors (Lipinski definition) is 2. The molecule has 0 aliphatic rings. The molecule has 0 aromatic heterocycles. The van der Waals surface area contributed by atoms with Crippen LogP contribution in [0.1, 0.15) is 15.9 Å². The molecule has 2 N–H and O–H groups in total. The Morgan fingerprint density at radius 3 is 2.29 bits per heavy atom. The van der Waals surface area contributed by atoms with E-state index in [1.165, 1.54) is 6.07 Å². The van der Waals surface area contributed by atoms with E-state index in [1.54, 1.807) is 24.3 Å². The van der Waals surface area contributed by atoms with Gasteiger partial charge in [0.05, 0.1) is 0 Å². The number of hydrogen-bond donors (Lipinski definition) is 2. The third-order valence-corrected chi connectivity index (χ3v) is 2.64. The van der Waals surface area contributed by atoms with Crippen LogP contribution in [0.15, 0.2) is 42.5 Å². The molecule has 0 heterocycles. The van der Waals surface area contributed by atoms with Gasteiger partial charge < -0.3 is 10.4 Å². The maximum atomic E-state index is 13.5. The predicted octanol–water partition coefficient (Wildman–Crippen LogP) is 2.56. The van der Waals surface area contributed by atoms with Gasteiger partial charge in [-0.3, -0.25) is 4.79 Å². The Balaban J connectivity index is 2.16. The van der Waals surface area contributed by atoms with E-state index < -0.39 is 23.1 Å². The van der Waals surface area contributed by atoms with Crippen molar-refractivity contribution < 1.29 is 18.7 Å². The smallest absolute Gasteiger partial charge is 0.261 e. The second-order valence-electron chi connectivity index (χ2n) is 4.09. The fourth-order valence-electron chi connectivity index (χ4n) is 1.69. The van der Waals surface area contributed by atoms with E-state index in [-0.39, 0.29) is 6.61 Å². The number of halogens is 2. The normalized spacial score (nSPS) is 9.67. The van der Waals surface area contributed by atoms with Crippen LogP contribution >= 0.6 is 0 Å². The van der Waals surface area contributed by atoms with Crippen molar-refractivity contribution in [1.82, 2.24) is 0 Å². The standard InChI is InChI=1S/C16H11F2NO2/c17-13-4-1-5-14(18)15(13)16(21)19-12-8-6-11(7-9-12)3-2-10-20/h1,4-9,20H,10H2,(H,19,21). The van der Waals surface area contributed by atoms with Gasteiger partial charge in [0.15, 0.2) is 0 Å². The SMILES string of the molecule is O=C(Nc1ccc(C#CCO)cc1)c1c(F)cccc1F. The van der Waals surface area contributed by atoms with E-state index in [2.05, 4.69) is 17.2 Å². The number of benzene rings is 2. The third-order valence-electron chi connectivity index (χ3n) is 2.64. The molecule has 2 aromatic carbocycles. The van der Waals surface area contributed by atoms with Crippen LogP contribution in [0.3, 0.4) is 0 Å². The minimum absolute atomic E-state index is 0.245. The zero-order chi connectivity index (χ0) is 15.2. The highest BCUT2D eigenvalue weighted by Gasteiger charge is 2.16.